The van der Waals surface area contributed by atoms with Crippen LogP contribution in [0, 0.1) is 5.82 Å². The highest BCUT2D eigenvalue weighted by molar-refractivity contribution is 8.13. The first-order valence-corrected chi connectivity index (χ1v) is 11.1. The van der Waals surface area contributed by atoms with E-state index in [-0.39, 0.29) is 22.5 Å². The molecular formula is C23H16ClFN4O2S. The number of nitrogens with zero attached hydrogens (tertiary/aromatic N) is 3. The summed E-state index contributed by atoms with van der Waals surface area (Å²) in [7, 11) is 0. The predicted octanol–water partition coefficient (Wildman–Crippen LogP) is 3.26. The van der Waals surface area contributed by atoms with Gasteiger partial charge in [-0.15, -0.1) is 5.10 Å². The molecule has 9 heteroatoms. The van der Waals surface area contributed by atoms with Crippen molar-refractivity contribution >= 4 is 40.1 Å². The number of phenols is 1. The number of aromatic hydroxyl groups is 1. The van der Waals surface area contributed by atoms with Crippen LogP contribution in [0.1, 0.15) is 17.3 Å². The van der Waals surface area contributed by atoms with E-state index in [4.69, 9.17) is 16.6 Å². The van der Waals surface area contributed by atoms with Crippen molar-refractivity contribution in [2.24, 2.45) is 10.1 Å². The first kappa shape index (κ1) is 20.5. The molecule has 0 saturated heterocycles. The maximum atomic E-state index is 14.0. The smallest absolute Gasteiger partial charge is 0.276 e. The SMILES string of the molecule is O=C1NC(SCc2ccccc2F)=NN2C1=c1ccccc1=NC2c1ccc(O)c(Cl)c1. The molecule has 0 saturated carbocycles. The third-order valence-corrected chi connectivity index (χ3v) is 6.32. The average molecular weight is 467 g/mol. The van der Waals surface area contributed by atoms with Crippen LogP contribution in [0.15, 0.2) is 76.8 Å². The zero-order chi connectivity index (χ0) is 22.2. The number of nitrogens with one attached hydrogen (secondary N) is 1. The Bertz CT molecular complexity index is 1390. The normalized spacial score (nSPS) is 17.1. The summed E-state index contributed by atoms with van der Waals surface area (Å²) in [5, 5.41) is 20.6. The van der Waals surface area contributed by atoms with Gasteiger partial charge in [-0.1, -0.05) is 65.8 Å². The highest BCUT2D eigenvalue weighted by Crippen LogP contribution is 2.34. The van der Waals surface area contributed by atoms with Gasteiger partial charge in [0.15, 0.2) is 11.3 Å². The lowest BCUT2D eigenvalue weighted by Gasteiger charge is -2.34. The number of carbonyl (C=O) groups is 1. The van der Waals surface area contributed by atoms with E-state index in [0.717, 1.165) is 0 Å². The van der Waals surface area contributed by atoms with Gasteiger partial charge in [0.25, 0.3) is 5.91 Å². The number of halogens is 2. The Morgan fingerprint density at radius 3 is 2.72 bits per heavy atom. The fourth-order valence-corrected chi connectivity index (χ4v) is 4.58. The number of amidine groups is 1. The van der Waals surface area contributed by atoms with Crippen molar-refractivity contribution in [1.29, 1.82) is 0 Å². The molecule has 1 unspecified atom stereocenters. The molecule has 2 aliphatic heterocycles. The van der Waals surface area contributed by atoms with Crippen molar-refractivity contribution in [3.63, 3.8) is 0 Å². The van der Waals surface area contributed by atoms with Gasteiger partial charge in [-0.3, -0.25) is 15.1 Å². The van der Waals surface area contributed by atoms with Crippen LogP contribution >= 0.6 is 23.4 Å². The predicted molar refractivity (Wildman–Crippen MR) is 122 cm³/mol. The van der Waals surface area contributed by atoms with Crippen molar-refractivity contribution in [1.82, 2.24) is 10.3 Å². The highest BCUT2D eigenvalue weighted by Gasteiger charge is 2.34. The molecule has 2 N–H and O–H groups in total. The number of fused-ring (bicyclic) bond motifs is 2. The van der Waals surface area contributed by atoms with Crippen LogP contribution in [0.2, 0.25) is 5.02 Å². The monoisotopic (exact) mass is 466 g/mol. The van der Waals surface area contributed by atoms with Crippen LogP contribution in [-0.4, -0.2) is 21.2 Å². The zero-order valence-corrected chi connectivity index (χ0v) is 18.1. The minimum Gasteiger partial charge on any atom is -0.506 e. The Morgan fingerprint density at radius 2 is 1.91 bits per heavy atom. The van der Waals surface area contributed by atoms with Crippen LogP contribution in [0.3, 0.4) is 0 Å². The number of thioether (sulfide) groups is 1. The van der Waals surface area contributed by atoms with Gasteiger partial charge in [0, 0.05) is 16.5 Å². The minimum absolute atomic E-state index is 0.0446. The van der Waals surface area contributed by atoms with E-state index >= 15 is 0 Å². The maximum Gasteiger partial charge on any atom is 0.276 e. The summed E-state index contributed by atoms with van der Waals surface area (Å²) in [5.41, 5.74) is 1.54. The summed E-state index contributed by atoms with van der Waals surface area (Å²) in [6, 6.07) is 18.6. The van der Waals surface area contributed by atoms with E-state index in [2.05, 4.69) is 10.4 Å². The van der Waals surface area contributed by atoms with Gasteiger partial charge >= 0.3 is 0 Å². The lowest BCUT2D eigenvalue weighted by Crippen LogP contribution is -2.50. The molecular weight excluding hydrogens is 451 g/mol. The number of hydrogen-bond acceptors (Lipinski definition) is 6. The zero-order valence-electron chi connectivity index (χ0n) is 16.5. The number of rotatable bonds is 3. The summed E-state index contributed by atoms with van der Waals surface area (Å²) in [5.74, 6) is -0.378. The molecule has 5 rings (SSSR count). The second kappa shape index (κ2) is 8.29. The van der Waals surface area contributed by atoms with Crippen LogP contribution in [0.25, 0.3) is 5.70 Å². The molecule has 1 atom stereocenters. The summed E-state index contributed by atoms with van der Waals surface area (Å²) in [6.07, 6.45) is -0.659. The number of benzene rings is 3. The molecule has 3 aromatic carbocycles. The Morgan fingerprint density at radius 1 is 1.12 bits per heavy atom. The first-order chi connectivity index (χ1) is 15.5. The summed E-state index contributed by atoms with van der Waals surface area (Å²) >= 11 is 7.35. The number of hydrazone groups is 1. The third kappa shape index (κ3) is 3.72. The molecule has 2 aliphatic rings. The number of hydrogen-bond donors (Lipinski definition) is 2. The molecule has 0 fully saturated rings. The van der Waals surface area contributed by atoms with Gasteiger partial charge in [0.05, 0.1) is 10.4 Å². The standard InChI is InChI=1S/C23H16ClFN4O2S/c24-16-11-13(9-10-19(16)30)21-26-18-8-4-2-6-15(18)20-22(31)27-23(28-29(20)21)32-12-14-5-1-3-7-17(14)25/h1-11,21,30H,12H2,(H,27,28,31). The second-order valence-corrected chi connectivity index (χ2v) is 8.53. The van der Waals surface area contributed by atoms with E-state index in [9.17, 15) is 14.3 Å². The lowest BCUT2D eigenvalue weighted by atomic mass is 10.1. The largest absolute Gasteiger partial charge is 0.506 e. The topological polar surface area (TPSA) is 77.3 Å². The van der Waals surface area contributed by atoms with Gasteiger partial charge in [-0.25, -0.2) is 9.40 Å². The molecule has 0 spiro atoms. The van der Waals surface area contributed by atoms with E-state index < -0.39 is 6.17 Å². The van der Waals surface area contributed by atoms with Gasteiger partial charge in [0.2, 0.25) is 0 Å². The van der Waals surface area contributed by atoms with Crippen molar-refractivity contribution in [3.05, 3.63) is 99.3 Å². The summed E-state index contributed by atoms with van der Waals surface area (Å²) in [6.45, 7) is 0. The van der Waals surface area contributed by atoms with Gasteiger partial charge < -0.3 is 5.11 Å². The third-order valence-electron chi connectivity index (χ3n) is 5.11. The first-order valence-electron chi connectivity index (χ1n) is 9.72. The number of para-hydroxylation sites is 1. The molecule has 6 nitrogen and oxygen atoms in total. The van der Waals surface area contributed by atoms with E-state index in [1.807, 2.05) is 24.3 Å². The molecule has 0 aromatic heterocycles. The van der Waals surface area contributed by atoms with E-state index in [1.54, 1.807) is 35.3 Å². The fourth-order valence-electron chi connectivity index (χ4n) is 3.55. The lowest BCUT2D eigenvalue weighted by molar-refractivity contribution is -0.116. The summed E-state index contributed by atoms with van der Waals surface area (Å²) < 4.78 is 14.0. The number of phenolic OH excluding ortho intramolecular Hbond substituents is 1. The second-order valence-electron chi connectivity index (χ2n) is 7.16. The minimum atomic E-state index is -0.659. The molecule has 1 amide bonds. The maximum absolute atomic E-state index is 14.0. The Balaban J connectivity index is 1.58. The van der Waals surface area contributed by atoms with Crippen molar-refractivity contribution in [2.75, 3.05) is 0 Å². The van der Waals surface area contributed by atoms with Crippen LogP contribution < -0.4 is 15.9 Å². The molecule has 160 valence electrons. The van der Waals surface area contributed by atoms with Gasteiger partial charge in [0.1, 0.15) is 17.3 Å². The molecule has 32 heavy (non-hydrogen) atoms. The quantitative estimate of drug-likeness (QED) is 0.621. The van der Waals surface area contributed by atoms with Crippen molar-refractivity contribution < 1.29 is 14.3 Å². The molecule has 0 radical (unpaired) electrons. The van der Waals surface area contributed by atoms with Crippen LogP contribution in [0.4, 0.5) is 4.39 Å². The molecule has 3 aromatic rings. The van der Waals surface area contributed by atoms with Crippen molar-refractivity contribution in [2.45, 2.75) is 11.9 Å². The Kier molecular flexibility index (Phi) is 5.32. The molecule has 0 aliphatic carbocycles. The number of amides is 1. The van der Waals surface area contributed by atoms with Crippen molar-refractivity contribution in [3.8, 4) is 5.75 Å². The molecule has 2 heterocycles. The highest BCUT2D eigenvalue weighted by atomic mass is 35.5. The fraction of sp³-hybridized carbons (Fsp3) is 0.0870. The van der Waals surface area contributed by atoms with Crippen LogP contribution in [-0.2, 0) is 10.5 Å². The van der Waals surface area contributed by atoms with Crippen LogP contribution in [0.5, 0.6) is 5.75 Å². The summed E-state index contributed by atoms with van der Waals surface area (Å²) in [4.78, 5) is 17.9. The van der Waals surface area contributed by atoms with E-state index in [1.165, 1.54) is 23.9 Å². The molecule has 0 bridgehead atoms. The Hall–Kier alpha value is -3.36. The Labute approximate surface area is 191 Å². The van der Waals surface area contributed by atoms with E-state index in [0.29, 0.717) is 38.3 Å². The number of carbonyl (C=O) groups excluding carboxylic acids is 1. The van der Waals surface area contributed by atoms with Gasteiger partial charge in [-0.2, -0.15) is 0 Å². The average Bonchev–Trinajstić information content (AvgIpc) is 2.79. The van der Waals surface area contributed by atoms with Gasteiger partial charge in [-0.05, 0) is 29.8 Å².